The average molecular weight is 311 g/mol. The summed E-state index contributed by atoms with van der Waals surface area (Å²) >= 11 is 0. The number of nitrogens with one attached hydrogen (secondary N) is 1. The van der Waals surface area contributed by atoms with Crippen molar-refractivity contribution in [3.63, 3.8) is 0 Å². The van der Waals surface area contributed by atoms with Gasteiger partial charge in [-0.25, -0.2) is 4.79 Å². The summed E-state index contributed by atoms with van der Waals surface area (Å²) in [7, 11) is 1.34. The lowest BCUT2D eigenvalue weighted by molar-refractivity contribution is -0.136. The molecule has 8 nitrogen and oxygen atoms in total. The maximum absolute atomic E-state index is 12.3. The van der Waals surface area contributed by atoms with Crippen LogP contribution in [0, 0.1) is 0 Å². The maximum atomic E-state index is 12.3. The Bertz CT molecular complexity index is 906. The van der Waals surface area contributed by atoms with E-state index in [-0.39, 0.29) is 0 Å². The van der Waals surface area contributed by atoms with E-state index in [9.17, 15) is 4.79 Å². The molecule has 1 aliphatic heterocycles. The summed E-state index contributed by atoms with van der Waals surface area (Å²) in [6.07, 6.45) is 0. The number of tetrazole rings is 1. The highest BCUT2D eigenvalue weighted by atomic mass is 16.5. The molecule has 0 amide bonds. The highest BCUT2D eigenvalue weighted by molar-refractivity contribution is 5.97. The van der Waals surface area contributed by atoms with Crippen LogP contribution in [0.2, 0.25) is 0 Å². The van der Waals surface area contributed by atoms with E-state index in [4.69, 9.17) is 9.15 Å². The molecule has 0 saturated heterocycles. The van der Waals surface area contributed by atoms with Gasteiger partial charge in [0.05, 0.1) is 18.4 Å². The summed E-state index contributed by atoms with van der Waals surface area (Å²) in [5, 5.41) is 15.5. The molecule has 0 unspecified atom stereocenters. The molecule has 116 valence electrons. The van der Waals surface area contributed by atoms with Crippen LogP contribution < -0.4 is 5.32 Å². The topological polar surface area (TPSA) is 95.1 Å². The molecule has 1 aliphatic rings. The zero-order valence-electron chi connectivity index (χ0n) is 12.5. The second kappa shape index (κ2) is 4.94. The largest absolute Gasteiger partial charge is 0.466 e. The smallest absolute Gasteiger partial charge is 0.338 e. The molecule has 0 fully saturated rings. The molecular weight excluding hydrogens is 298 g/mol. The van der Waals surface area contributed by atoms with Crippen LogP contribution in [0.15, 0.2) is 40.3 Å². The molecule has 2 aromatic heterocycles. The number of esters is 1. The van der Waals surface area contributed by atoms with Crippen molar-refractivity contribution in [3.05, 3.63) is 41.7 Å². The average Bonchev–Trinajstić information content (AvgIpc) is 3.20. The quantitative estimate of drug-likeness (QED) is 0.723. The lowest BCUT2D eigenvalue weighted by Crippen LogP contribution is -2.28. The number of rotatable bonds is 2. The fraction of sp³-hybridized carbons (Fsp3) is 0.200. The van der Waals surface area contributed by atoms with Crippen molar-refractivity contribution >= 4 is 28.6 Å². The molecule has 0 spiro atoms. The van der Waals surface area contributed by atoms with E-state index >= 15 is 0 Å². The number of fused-ring (bicyclic) bond motifs is 2. The first-order chi connectivity index (χ1) is 11.2. The van der Waals surface area contributed by atoms with Crippen molar-refractivity contribution in [2.75, 3.05) is 12.4 Å². The molecule has 0 radical (unpaired) electrons. The van der Waals surface area contributed by atoms with E-state index in [0.717, 1.165) is 11.0 Å². The Morgan fingerprint density at radius 1 is 1.39 bits per heavy atom. The lowest BCUT2D eigenvalue weighted by Gasteiger charge is -2.25. The van der Waals surface area contributed by atoms with E-state index in [0.29, 0.717) is 23.0 Å². The maximum Gasteiger partial charge on any atom is 0.338 e. The Hall–Kier alpha value is -3.16. The van der Waals surface area contributed by atoms with Gasteiger partial charge in [0.25, 0.3) is 0 Å². The van der Waals surface area contributed by atoms with Crippen LogP contribution in [0.4, 0.5) is 5.95 Å². The number of para-hydroxylation sites is 1. The van der Waals surface area contributed by atoms with Gasteiger partial charge < -0.3 is 14.5 Å². The van der Waals surface area contributed by atoms with Crippen molar-refractivity contribution < 1.29 is 13.9 Å². The molecule has 0 saturated carbocycles. The Kier molecular flexibility index (Phi) is 2.90. The van der Waals surface area contributed by atoms with Gasteiger partial charge in [-0.3, -0.25) is 0 Å². The number of hydrogen-bond acceptors (Lipinski definition) is 7. The molecule has 4 rings (SSSR count). The predicted molar refractivity (Wildman–Crippen MR) is 81.3 cm³/mol. The summed E-state index contributed by atoms with van der Waals surface area (Å²) in [6, 6.07) is 9.02. The number of furan rings is 1. The molecule has 8 heteroatoms. The van der Waals surface area contributed by atoms with Crippen molar-refractivity contribution in [1.29, 1.82) is 0 Å². The number of ether oxygens (including phenoxy) is 1. The summed E-state index contributed by atoms with van der Waals surface area (Å²) < 4.78 is 12.3. The number of methoxy groups -OCH3 is 1. The van der Waals surface area contributed by atoms with Gasteiger partial charge in [-0.05, 0) is 29.5 Å². The van der Waals surface area contributed by atoms with Gasteiger partial charge in [0.15, 0.2) is 0 Å². The molecular formula is C15H13N5O3. The van der Waals surface area contributed by atoms with Gasteiger partial charge in [-0.15, -0.1) is 0 Å². The number of allylic oxidation sites excluding steroid dienone is 1. The van der Waals surface area contributed by atoms with Gasteiger partial charge in [-0.2, -0.15) is 4.68 Å². The van der Waals surface area contributed by atoms with Crippen molar-refractivity contribution in [3.8, 4) is 0 Å². The number of nitrogens with zero attached hydrogens (tertiary/aromatic N) is 4. The fourth-order valence-corrected chi connectivity index (χ4v) is 2.76. The first-order valence-electron chi connectivity index (χ1n) is 7.02. The van der Waals surface area contributed by atoms with E-state index in [1.54, 1.807) is 6.92 Å². The normalized spacial score (nSPS) is 17.0. The minimum absolute atomic E-state index is 0.409. The van der Waals surface area contributed by atoms with Gasteiger partial charge in [0.2, 0.25) is 5.95 Å². The molecule has 0 bridgehead atoms. The third-order valence-corrected chi connectivity index (χ3v) is 3.87. The zero-order chi connectivity index (χ0) is 16.0. The second-order valence-electron chi connectivity index (χ2n) is 5.17. The van der Waals surface area contributed by atoms with E-state index < -0.39 is 12.0 Å². The van der Waals surface area contributed by atoms with Gasteiger partial charge >= 0.3 is 5.97 Å². The van der Waals surface area contributed by atoms with E-state index in [1.165, 1.54) is 11.8 Å². The zero-order valence-corrected chi connectivity index (χ0v) is 12.5. The van der Waals surface area contributed by atoms with Gasteiger partial charge in [0, 0.05) is 5.39 Å². The third kappa shape index (κ3) is 1.99. The minimum atomic E-state index is -0.520. The molecule has 1 N–H and O–H groups in total. The highest BCUT2D eigenvalue weighted by Crippen LogP contribution is 2.37. The van der Waals surface area contributed by atoms with Crippen LogP contribution in [-0.4, -0.2) is 33.3 Å². The molecule has 23 heavy (non-hydrogen) atoms. The molecule has 3 aromatic rings. The Balaban J connectivity index is 1.89. The number of benzene rings is 1. The van der Waals surface area contributed by atoms with Crippen LogP contribution >= 0.6 is 0 Å². The number of hydrogen-bond donors (Lipinski definition) is 1. The van der Waals surface area contributed by atoms with Gasteiger partial charge in [0.1, 0.15) is 17.4 Å². The molecule has 1 aromatic carbocycles. The number of carbonyl (C=O) groups is 1. The molecule has 0 aliphatic carbocycles. The standard InChI is InChI=1S/C15H13N5O3/c1-8-12(14(21)22-2)13(16-15-17-18-19-20(8)15)11-7-9-5-3-4-6-10(9)23-11/h3-7,13H,1-2H3,(H,16,17,19)/t13-/m1/s1. The summed E-state index contributed by atoms with van der Waals surface area (Å²) in [6.45, 7) is 1.77. The van der Waals surface area contributed by atoms with E-state index in [1.807, 2.05) is 30.3 Å². The number of carbonyl (C=O) groups excluding carboxylic acids is 1. The molecule has 3 heterocycles. The predicted octanol–water partition coefficient (Wildman–Crippen LogP) is 1.99. The van der Waals surface area contributed by atoms with Crippen molar-refractivity contribution in [2.24, 2.45) is 0 Å². The second-order valence-corrected chi connectivity index (χ2v) is 5.17. The van der Waals surface area contributed by atoms with Gasteiger partial charge in [-0.1, -0.05) is 23.3 Å². The summed E-state index contributed by atoms with van der Waals surface area (Å²) in [5.41, 5.74) is 1.75. The highest BCUT2D eigenvalue weighted by Gasteiger charge is 2.35. The SMILES string of the molecule is COC(=O)C1=C(C)n2nnnc2N[C@@H]1c1cc2ccccc2o1. The number of anilines is 1. The van der Waals surface area contributed by atoms with Crippen LogP contribution in [-0.2, 0) is 9.53 Å². The first-order valence-corrected chi connectivity index (χ1v) is 7.02. The number of aromatic nitrogens is 4. The van der Waals surface area contributed by atoms with Crippen molar-refractivity contribution in [1.82, 2.24) is 20.2 Å². The van der Waals surface area contributed by atoms with Crippen LogP contribution in [0.25, 0.3) is 16.7 Å². The Labute approximate surface area is 130 Å². The Morgan fingerprint density at radius 2 is 2.22 bits per heavy atom. The first kappa shape index (κ1) is 13.5. The lowest BCUT2D eigenvalue weighted by atomic mass is 10.0. The van der Waals surface area contributed by atoms with Crippen molar-refractivity contribution in [2.45, 2.75) is 13.0 Å². The van der Waals surface area contributed by atoms with Crippen LogP contribution in [0.1, 0.15) is 18.7 Å². The van der Waals surface area contributed by atoms with Crippen LogP contribution in [0.5, 0.6) is 0 Å². The minimum Gasteiger partial charge on any atom is -0.466 e. The fourth-order valence-electron chi connectivity index (χ4n) is 2.76. The summed E-state index contributed by atoms with van der Waals surface area (Å²) in [4.78, 5) is 12.3. The summed E-state index contributed by atoms with van der Waals surface area (Å²) in [5.74, 6) is 0.586. The molecule has 1 atom stereocenters. The third-order valence-electron chi connectivity index (χ3n) is 3.87. The Morgan fingerprint density at radius 3 is 3.00 bits per heavy atom. The van der Waals surface area contributed by atoms with Crippen LogP contribution in [0.3, 0.4) is 0 Å². The monoisotopic (exact) mass is 311 g/mol. The van der Waals surface area contributed by atoms with E-state index in [2.05, 4.69) is 20.8 Å².